The van der Waals surface area contributed by atoms with Gasteiger partial charge in [-0.15, -0.1) is 13.2 Å². The molecule has 0 radical (unpaired) electrons. The zero-order valence-electron chi connectivity index (χ0n) is 10.9. The third-order valence-electron chi connectivity index (χ3n) is 2.89. The minimum absolute atomic E-state index is 0.130. The molecule has 1 fully saturated rings. The molecule has 0 amide bonds. The van der Waals surface area contributed by atoms with E-state index in [1.54, 1.807) is 0 Å². The molecule has 0 aromatic heterocycles. The van der Waals surface area contributed by atoms with Crippen molar-refractivity contribution in [2.45, 2.75) is 30.2 Å². The largest absolute Gasteiger partial charge is 0.573 e. The van der Waals surface area contributed by atoms with Gasteiger partial charge in [-0.05, 0) is 37.1 Å². The summed E-state index contributed by atoms with van der Waals surface area (Å²) in [5, 5.41) is 0. The summed E-state index contributed by atoms with van der Waals surface area (Å²) in [6, 6.07) is 4.01. The van der Waals surface area contributed by atoms with Crippen LogP contribution in [0.25, 0.3) is 0 Å². The van der Waals surface area contributed by atoms with Gasteiger partial charge in [-0.3, -0.25) is 0 Å². The van der Waals surface area contributed by atoms with E-state index in [9.17, 15) is 21.6 Å². The van der Waals surface area contributed by atoms with E-state index in [2.05, 4.69) is 9.46 Å². The van der Waals surface area contributed by atoms with Crippen LogP contribution in [0.5, 0.6) is 5.75 Å². The third kappa shape index (κ3) is 4.87. The van der Waals surface area contributed by atoms with Gasteiger partial charge in [-0.2, -0.15) is 0 Å². The van der Waals surface area contributed by atoms with Crippen molar-refractivity contribution in [3.05, 3.63) is 24.3 Å². The van der Waals surface area contributed by atoms with Crippen molar-refractivity contribution in [1.82, 2.24) is 4.72 Å². The molecular formula is C12H14F3NO4S. The van der Waals surface area contributed by atoms with E-state index in [1.807, 2.05) is 0 Å². The highest BCUT2D eigenvalue weighted by molar-refractivity contribution is 7.89. The van der Waals surface area contributed by atoms with E-state index in [0.29, 0.717) is 6.61 Å². The molecular weight excluding hydrogens is 311 g/mol. The van der Waals surface area contributed by atoms with Gasteiger partial charge in [0.15, 0.2) is 0 Å². The fourth-order valence-electron chi connectivity index (χ4n) is 1.91. The van der Waals surface area contributed by atoms with Gasteiger partial charge in [0.05, 0.1) is 11.0 Å². The first kappa shape index (κ1) is 16.1. The van der Waals surface area contributed by atoms with Gasteiger partial charge in [0.2, 0.25) is 10.0 Å². The number of benzene rings is 1. The van der Waals surface area contributed by atoms with Crippen molar-refractivity contribution in [3.63, 3.8) is 0 Å². The molecule has 0 aliphatic carbocycles. The van der Waals surface area contributed by atoms with Crippen LogP contribution in [-0.2, 0) is 14.8 Å². The van der Waals surface area contributed by atoms with Gasteiger partial charge < -0.3 is 9.47 Å². The molecule has 1 aromatic carbocycles. The number of ether oxygens (including phenoxy) is 2. The lowest BCUT2D eigenvalue weighted by Crippen LogP contribution is -2.31. The number of hydrogen-bond acceptors (Lipinski definition) is 4. The lowest BCUT2D eigenvalue weighted by Gasteiger charge is -2.12. The minimum atomic E-state index is -4.81. The van der Waals surface area contributed by atoms with Crippen LogP contribution in [0, 0.1) is 0 Å². The van der Waals surface area contributed by atoms with E-state index in [0.717, 1.165) is 37.1 Å². The summed E-state index contributed by atoms with van der Waals surface area (Å²) in [6.45, 7) is 0.749. The number of hydrogen-bond donors (Lipinski definition) is 1. The van der Waals surface area contributed by atoms with E-state index < -0.39 is 22.1 Å². The Morgan fingerprint density at radius 3 is 2.48 bits per heavy atom. The Hall–Kier alpha value is -1.32. The van der Waals surface area contributed by atoms with Crippen LogP contribution in [0.3, 0.4) is 0 Å². The first-order valence-electron chi connectivity index (χ1n) is 6.23. The third-order valence-corrected chi connectivity index (χ3v) is 4.33. The van der Waals surface area contributed by atoms with Gasteiger partial charge in [-0.1, -0.05) is 0 Å². The maximum atomic E-state index is 12.0. The van der Waals surface area contributed by atoms with Crippen molar-refractivity contribution in [1.29, 1.82) is 0 Å². The number of alkyl halides is 3. The molecule has 0 saturated carbocycles. The van der Waals surface area contributed by atoms with Crippen LogP contribution in [0.1, 0.15) is 12.8 Å². The first-order valence-corrected chi connectivity index (χ1v) is 7.72. The molecule has 5 nitrogen and oxygen atoms in total. The molecule has 1 saturated heterocycles. The molecule has 1 atom stereocenters. The van der Waals surface area contributed by atoms with Crippen molar-refractivity contribution >= 4 is 10.0 Å². The second kappa shape index (κ2) is 6.20. The maximum Gasteiger partial charge on any atom is 0.573 e. The molecule has 0 bridgehead atoms. The van der Waals surface area contributed by atoms with Gasteiger partial charge in [0.1, 0.15) is 5.75 Å². The van der Waals surface area contributed by atoms with Crippen LogP contribution in [0.2, 0.25) is 0 Å². The second-order valence-corrected chi connectivity index (χ2v) is 6.27. The van der Waals surface area contributed by atoms with Crippen LogP contribution in [0.15, 0.2) is 29.2 Å². The summed E-state index contributed by atoms with van der Waals surface area (Å²) in [5.41, 5.74) is 0. The van der Waals surface area contributed by atoms with Gasteiger partial charge in [0, 0.05) is 13.2 Å². The molecule has 1 heterocycles. The fourth-order valence-corrected chi connectivity index (χ4v) is 2.98. The fraction of sp³-hybridized carbons (Fsp3) is 0.500. The predicted molar refractivity (Wildman–Crippen MR) is 67.3 cm³/mol. The standard InChI is InChI=1S/C12H14F3NO4S/c13-12(14,15)20-9-3-5-11(6-4-9)21(17,18)16-8-10-2-1-7-19-10/h3-6,10,16H,1-2,7-8H2/t10-/m0/s1. The number of rotatable bonds is 5. The van der Waals surface area contributed by atoms with Gasteiger partial charge >= 0.3 is 6.36 Å². The van der Waals surface area contributed by atoms with Crippen LogP contribution in [-0.4, -0.2) is 34.0 Å². The monoisotopic (exact) mass is 325 g/mol. The van der Waals surface area contributed by atoms with E-state index in [-0.39, 0.29) is 17.5 Å². The average molecular weight is 325 g/mol. The average Bonchev–Trinajstić information content (AvgIpc) is 2.88. The Bertz CT molecular complexity index is 565. The summed E-state index contributed by atoms with van der Waals surface area (Å²) in [7, 11) is -3.78. The lowest BCUT2D eigenvalue weighted by molar-refractivity contribution is -0.274. The Balaban J connectivity index is 1.99. The van der Waals surface area contributed by atoms with Crippen LogP contribution in [0.4, 0.5) is 13.2 Å². The molecule has 2 rings (SSSR count). The van der Waals surface area contributed by atoms with Crippen molar-refractivity contribution in [2.75, 3.05) is 13.2 Å². The zero-order chi connectivity index (χ0) is 15.5. The molecule has 0 unspecified atom stereocenters. The normalized spacial score (nSPS) is 19.7. The van der Waals surface area contributed by atoms with Crippen molar-refractivity contribution in [2.24, 2.45) is 0 Å². The van der Waals surface area contributed by atoms with E-state index >= 15 is 0 Å². The van der Waals surface area contributed by atoms with Crippen LogP contribution >= 0.6 is 0 Å². The summed E-state index contributed by atoms with van der Waals surface area (Å²) in [4.78, 5) is -0.130. The van der Waals surface area contributed by atoms with Crippen molar-refractivity contribution in [3.8, 4) is 5.75 Å². The highest BCUT2D eigenvalue weighted by Crippen LogP contribution is 2.23. The SMILES string of the molecule is O=S(=O)(NC[C@@H]1CCCO1)c1ccc(OC(F)(F)F)cc1. The maximum absolute atomic E-state index is 12.0. The highest BCUT2D eigenvalue weighted by atomic mass is 32.2. The van der Waals surface area contributed by atoms with Gasteiger partial charge in [0.25, 0.3) is 0 Å². The Morgan fingerprint density at radius 1 is 1.29 bits per heavy atom. The van der Waals surface area contributed by atoms with E-state index in [1.165, 1.54) is 0 Å². The topological polar surface area (TPSA) is 64.6 Å². The molecule has 118 valence electrons. The molecule has 9 heteroatoms. The number of halogens is 3. The molecule has 1 N–H and O–H groups in total. The zero-order valence-corrected chi connectivity index (χ0v) is 11.7. The molecule has 0 spiro atoms. The quantitative estimate of drug-likeness (QED) is 0.900. The Kier molecular flexibility index (Phi) is 4.74. The predicted octanol–water partition coefficient (Wildman–Crippen LogP) is 2.04. The Labute approximate surface area is 120 Å². The number of nitrogens with one attached hydrogen (secondary N) is 1. The minimum Gasteiger partial charge on any atom is -0.406 e. The number of sulfonamides is 1. The molecule has 1 aliphatic rings. The van der Waals surface area contributed by atoms with Gasteiger partial charge in [-0.25, -0.2) is 13.1 Å². The van der Waals surface area contributed by atoms with E-state index in [4.69, 9.17) is 4.74 Å². The Morgan fingerprint density at radius 2 is 1.95 bits per heavy atom. The lowest BCUT2D eigenvalue weighted by atomic mass is 10.2. The first-order chi connectivity index (χ1) is 9.76. The van der Waals surface area contributed by atoms with Crippen molar-refractivity contribution < 1.29 is 31.1 Å². The molecule has 21 heavy (non-hydrogen) atoms. The molecule has 1 aliphatic heterocycles. The van der Waals surface area contributed by atoms with Crippen LogP contribution < -0.4 is 9.46 Å². The summed E-state index contributed by atoms with van der Waals surface area (Å²) >= 11 is 0. The summed E-state index contributed by atoms with van der Waals surface area (Å²) in [5.74, 6) is -0.472. The summed E-state index contributed by atoms with van der Waals surface area (Å²) in [6.07, 6.45) is -3.30. The second-order valence-electron chi connectivity index (χ2n) is 4.51. The summed E-state index contributed by atoms with van der Waals surface area (Å²) < 4.78 is 71.2. The smallest absolute Gasteiger partial charge is 0.406 e. The molecule has 1 aromatic rings. The highest BCUT2D eigenvalue weighted by Gasteiger charge is 2.31.